The number of rotatable bonds is 2. The number of carbonyl (C=O) groups is 1. The molecule has 0 aliphatic carbocycles. The maximum atomic E-state index is 9.11. The third-order valence-corrected chi connectivity index (χ3v) is 0.818. The Labute approximate surface area is 66.1 Å². The Morgan fingerprint density at radius 1 is 1.00 bits per heavy atom. The summed E-state index contributed by atoms with van der Waals surface area (Å²) in [5.74, 6) is 0. The van der Waals surface area contributed by atoms with Crippen LogP contribution in [0.1, 0.15) is 0 Å². The second-order valence-electron chi connectivity index (χ2n) is 1.55. The number of hydrogen-bond acceptors (Lipinski definition) is 2. The van der Waals surface area contributed by atoms with Crippen LogP contribution in [-0.4, -0.2) is 6.47 Å². The van der Waals surface area contributed by atoms with Gasteiger partial charge >= 0.3 is 0 Å². The highest BCUT2D eigenvalue weighted by Crippen LogP contribution is 1.79. The molecule has 0 fully saturated rings. The second kappa shape index (κ2) is 8.43. The van der Waals surface area contributed by atoms with Crippen molar-refractivity contribution in [2.75, 3.05) is 0 Å². The highest BCUT2D eigenvalue weighted by atomic mass is 16.5. The van der Waals surface area contributed by atoms with Crippen LogP contribution in [0.5, 0.6) is 0 Å². The van der Waals surface area contributed by atoms with E-state index in [-0.39, 0.29) is 0 Å². The molecule has 58 valence electrons. The second-order valence-corrected chi connectivity index (χ2v) is 1.55. The first-order valence-corrected chi connectivity index (χ1v) is 3.12. The SMILES string of the molecule is C=COC=O.c1ccccc1. The summed E-state index contributed by atoms with van der Waals surface area (Å²) in [5.41, 5.74) is 0. The van der Waals surface area contributed by atoms with Crippen LogP contribution in [0.2, 0.25) is 0 Å². The summed E-state index contributed by atoms with van der Waals surface area (Å²) in [6.07, 6.45) is 1.06. The van der Waals surface area contributed by atoms with Gasteiger partial charge in [0.25, 0.3) is 6.47 Å². The molecular weight excluding hydrogens is 140 g/mol. The average molecular weight is 150 g/mol. The predicted octanol–water partition coefficient (Wildman–Crippen LogP) is 1.99. The molecule has 1 aromatic carbocycles. The van der Waals surface area contributed by atoms with Crippen molar-refractivity contribution >= 4 is 6.47 Å². The Morgan fingerprint density at radius 3 is 1.45 bits per heavy atom. The molecule has 0 aliphatic heterocycles. The van der Waals surface area contributed by atoms with Crippen molar-refractivity contribution in [1.82, 2.24) is 0 Å². The minimum atomic E-state index is 0.312. The lowest BCUT2D eigenvalue weighted by atomic mass is 10.4. The lowest BCUT2D eigenvalue weighted by Gasteiger charge is -1.71. The molecule has 0 saturated carbocycles. The zero-order chi connectivity index (χ0) is 8.36. The monoisotopic (exact) mass is 150 g/mol. The maximum Gasteiger partial charge on any atom is 0.297 e. The molecule has 2 heteroatoms. The largest absolute Gasteiger partial charge is 0.437 e. The molecule has 0 atom stereocenters. The van der Waals surface area contributed by atoms with E-state index >= 15 is 0 Å². The molecule has 0 aliphatic rings. The number of ether oxygens (including phenoxy) is 1. The van der Waals surface area contributed by atoms with Gasteiger partial charge in [0.15, 0.2) is 0 Å². The minimum Gasteiger partial charge on any atom is -0.437 e. The van der Waals surface area contributed by atoms with E-state index < -0.39 is 0 Å². The third-order valence-electron chi connectivity index (χ3n) is 0.818. The molecule has 0 bridgehead atoms. The van der Waals surface area contributed by atoms with Crippen molar-refractivity contribution in [1.29, 1.82) is 0 Å². The van der Waals surface area contributed by atoms with Gasteiger partial charge in [-0.1, -0.05) is 43.0 Å². The van der Waals surface area contributed by atoms with Gasteiger partial charge in [0, 0.05) is 0 Å². The zero-order valence-electron chi connectivity index (χ0n) is 6.14. The predicted molar refractivity (Wildman–Crippen MR) is 43.8 cm³/mol. The van der Waals surface area contributed by atoms with E-state index in [0.717, 1.165) is 6.26 Å². The fourth-order valence-corrected chi connectivity index (χ4v) is 0.424. The molecule has 0 radical (unpaired) electrons. The molecule has 0 saturated heterocycles. The molecule has 11 heavy (non-hydrogen) atoms. The summed E-state index contributed by atoms with van der Waals surface area (Å²) in [6.45, 7) is 3.41. The summed E-state index contributed by atoms with van der Waals surface area (Å²) in [5, 5.41) is 0. The molecule has 0 N–H and O–H groups in total. The van der Waals surface area contributed by atoms with Gasteiger partial charge in [-0.15, -0.1) is 0 Å². The molecule has 1 rings (SSSR count). The molecule has 0 spiro atoms. The Morgan fingerprint density at radius 2 is 1.36 bits per heavy atom. The molecule has 0 unspecified atom stereocenters. The topological polar surface area (TPSA) is 26.3 Å². The Hall–Kier alpha value is -1.57. The van der Waals surface area contributed by atoms with Crippen molar-refractivity contribution in [3.05, 3.63) is 49.2 Å². The molecular formula is C9H10O2. The van der Waals surface area contributed by atoms with Gasteiger partial charge in [0.2, 0.25) is 0 Å². The van der Waals surface area contributed by atoms with Gasteiger partial charge in [-0.3, -0.25) is 4.79 Å². The normalized spacial score (nSPS) is 6.91. The molecule has 0 aromatic heterocycles. The first kappa shape index (κ1) is 9.43. The van der Waals surface area contributed by atoms with Crippen molar-refractivity contribution in [3.8, 4) is 0 Å². The third kappa shape index (κ3) is 8.43. The van der Waals surface area contributed by atoms with E-state index in [4.69, 9.17) is 4.79 Å². The van der Waals surface area contributed by atoms with E-state index in [2.05, 4.69) is 11.3 Å². The van der Waals surface area contributed by atoms with Gasteiger partial charge < -0.3 is 4.74 Å². The Bertz CT molecular complexity index is 149. The fourth-order valence-electron chi connectivity index (χ4n) is 0.424. The van der Waals surface area contributed by atoms with Crippen molar-refractivity contribution in [2.45, 2.75) is 0 Å². The van der Waals surface area contributed by atoms with Gasteiger partial charge in [0.05, 0.1) is 6.26 Å². The number of hydrogen-bond donors (Lipinski definition) is 0. The fraction of sp³-hybridized carbons (Fsp3) is 0. The van der Waals surface area contributed by atoms with Crippen LogP contribution < -0.4 is 0 Å². The summed E-state index contributed by atoms with van der Waals surface area (Å²) in [6, 6.07) is 12.0. The van der Waals surface area contributed by atoms with Gasteiger partial charge in [0.1, 0.15) is 0 Å². The van der Waals surface area contributed by atoms with Crippen LogP contribution in [0, 0.1) is 0 Å². The van der Waals surface area contributed by atoms with Crippen LogP contribution in [0.25, 0.3) is 0 Å². The first-order chi connectivity index (χ1) is 5.41. The standard InChI is InChI=1S/C6H6.C3H4O2/c1-2-4-6-5-3-1;1-2-5-3-4/h1-6H;2-3H,1H2. The lowest BCUT2D eigenvalue weighted by molar-refractivity contribution is -0.123. The quantitative estimate of drug-likeness (QED) is 0.476. The van der Waals surface area contributed by atoms with Crippen LogP contribution in [0.4, 0.5) is 0 Å². The van der Waals surface area contributed by atoms with Crippen molar-refractivity contribution < 1.29 is 9.53 Å². The average Bonchev–Trinajstić information content (AvgIpc) is 2.10. The van der Waals surface area contributed by atoms with Crippen LogP contribution in [0.15, 0.2) is 49.2 Å². The van der Waals surface area contributed by atoms with Crippen molar-refractivity contribution in [2.24, 2.45) is 0 Å². The molecule has 2 nitrogen and oxygen atoms in total. The smallest absolute Gasteiger partial charge is 0.297 e. The van der Waals surface area contributed by atoms with E-state index in [9.17, 15) is 0 Å². The molecule has 0 amide bonds. The summed E-state index contributed by atoms with van der Waals surface area (Å²) >= 11 is 0. The van der Waals surface area contributed by atoms with Gasteiger partial charge in [-0.25, -0.2) is 0 Å². The van der Waals surface area contributed by atoms with E-state index in [1.807, 2.05) is 36.4 Å². The van der Waals surface area contributed by atoms with Gasteiger partial charge in [-0.05, 0) is 0 Å². The Balaban J connectivity index is 0.000000187. The number of carbonyl (C=O) groups excluding carboxylic acids is 1. The minimum absolute atomic E-state index is 0.312. The van der Waals surface area contributed by atoms with E-state index in [1.165, 1.54) is 0 Å². The molecule has 1 aromatic rings. The van der Waals surface area contributed by atoms with Crippen LogP contribution in [-0.2, 0) is 9.53 Å². The maximum absolute atomic E-state index is 9.11. The summed E-state index contributed by atoms with van der Waals surface area (Å²) in [4.78, 5) is 9.11. The van der Waals surface area contributed by atoms with E-state index in [1.54, 1.807) is 0 Å². The Kier molecular flexibility index (Phi) is 7.23. The lowest BCUT2D eigenvalue weighted by Crippen LogP contribution is -1.66. The van der Waals surface area contributed by atoms with E-state index in [0.29, 0.717) is 6.47 Å². The first-order valence-electron chi connectivity index (χ1n) is 3.12. The van der Waals surface area contributed by atoms with Crippen LogP contribution >= 0.6 is 0 Å². The highest BCUT2D eigenvalue weighted by molar-refractivity contribution is 5.37. The summed E-state index contributed by atoms with van der Waals surface area (Å²) < 4.78 is 3.92. The van der Waals surface area contributed by atoms with Crippen molar-refractivity contribution in [3.63, 3.8) is 0 Å². The van der Waals surface area contributed by atoms with Gasteiger partial charge in [-0.2, -0.15) is 0 Å². The highest BCUT2D eigenvalue weighted by Gasteiger charge is 1.57. The molecule has 0 heterocycles. The zero-order valence-corrected chi connectivity index (χ0v) is 6.14. The summed E-state index contributed by atoms with van der Waals surface area (Å²) in [7, 11) is 0. The number of benzene rings is 1. The van der Waals surface area contributed by atoms with Crippen LogP contribution in [0.3, 0.4) is 0 Å².